The van der Waals surface area contributed by atoms with Crippen LogP contribution in [0.5, 0.6) is 5.88 Å². The molecule has 2 saturated heterocycles. The van der Waals surface area contributed by atoms with E-state index in [-0.39, 0.29) is 12.2 Å². The Hall–Kier alpha value is -0.690. The predicted octanol–water partition coefficient (Wildman–Crippen LogP) is 1.59. The molecule has 3 heterocycles. The molecule has 20 heavy (non-hydrogen) atoms. The van der Waals surface area contributed by atoms with Crippen molar-refractivity contribution in [1.29, 1.82) is 0 Å². The monoisotopic (exact) mass is 341 g/mol. The quantitative estimate of drug-likeness (QED) is 0.846. The molecule has 5 nitrogen and oxygen atoms in total. The molecule has 0 aliphatic carbocycles. The topological polar surface area (TPSA) is 46.6 Å². The van der Waals surface area contributed by atoms with Crippen molar-refractivity contribution in [3.8, 4) is 5.88 Å². The van der Waals surface area contributed by atoms with E-state index in [0.29, 0.717) is 11.9 Å². The van der Waals surface area contributed by atoms with E-state index in [0.717, 1.165) is 36.3 Å². The van der Waals surface area contributed by atoms with Crippen molar-refractivity contribution in [2.45, 2.75) is 25.2 Å². The highest BCUT2D eigenvalue weighted by Crippen LogP contribution is 2.42. The Morgan fingerprint density at radius 3 is 2.80 bits per heavy atom. The van der Waals surface area contributed by atoms with Crippen LogP contribution in [0.1, 0.15) is 18.6 Å². The molecule has 0 aromatic carbocycles. The minimum Gasteiger partial charge on any atom is -0.481 e. The predicted molar refractivity (Wildman–Crippen MR) is 80.0 cm³/mol. The normalized spacial score (nSPS) is 30.9. The molecular weight excluding hydrogens is 322 g/mol. The molecule has 2 fully saturated rings. The summed E-state index contributed by atoms with van der Waals surface area (Å²) in [6, 6.07) is 4.40. The van der Waals surface area contributed by atoms with Crippen molar-refractivity contribution in [2.75, 3.05) is 33.3 Å². The van der Waals surface area contributed by atoms with E-state index in [9.17, 15) is 0 Å². The highest BCUT2D eigenvalue weighted by molar-refractivity contribution is 9.10. The molecule has 6 heteroatoms. The Kier molecular flexibility index (Phi) is 4.26. The molecule has 3 rings (SSSR count). The average molecular weight is 342 g/mol. The average Bonchev–Trinajstić information content (AvgIpc) is 2.46. The van der Waals surface area contributed by atoms with Gasteiger partial charge < -0.3 is 14.8 Å². The van der Waals surface area contributed by atoms with Crippen LogP contribution in [0.25, 0.3) is 0 Å². The number of hydrogen-bond donors (Lipinski definition) is 1. The summed E-state index contributed by atoms with van der Waals surface area (Å²) in [7, 11) is 1.65. The largest absolute Gasteiger partial charge is 0.481 e. The van der Waals surface area contributed by atoms with Crippen molar-refractivity contribution in [1.82, 2.24) is 15.2 Å². The number of halogens is 1. The molecule has 0 saturated carbocycles. The third-order valence-electron chi connectivity index (χ3n) is 4.08. The summed E-state index contributed by atoms with van der Waals surface area (Å²) in [5.41, 5.74) is 1.04. The standard InChI is InChI=1S/C14H20BrN3O2/c1-9-12(18-7-5-16-6-8-18)13(20-9)10-3-4-11(15)17-14(10)19-2/h3-4,9,12-13,16H,5-8H2,1-2H3/t9-,12?,13?/m0/s1. The summed E-state index contributed by atoms with van der Waals surface area (Å²) in [6.45, 7) is 6.38. The summed E-state index contributed by atoms with van der Waals surface area (Å²) < 4.78 is 12.2. The van der Waals surface area contributed by atoms with Gasteiger partial charge in [-0.2, -0.15) is 0 Å². The van der Waals surface area contributed by atoms with E-state index in [1.165, 1.54) is 0 Å². The third-order valence-corrected chi connectivity index (χ3v) is 4.52. The lowest BCUT2D eigenvalue weighted by atomic mass is 9.91. The van der Waals surface area contributed by atoms with Gasteiger partial charge in [0.25, 0.3) is 0 Å². The smallest absolute Gasteiger partial charge is 0.220 e. The highest BCUT2D eigenvalue weighted by atomic mass is 79.9. The van der Waals surface area contributed by atoms with E-state index in [1.807, 2.05) is 12.1 Å². The van der Waals surface area contributed by atoms with Gasteiger partial charge >= 0.3 is 0 Å². The maximum atomic E-state index is 5.98. The molecule has 2 aliphatic heterocycles. The van der Waals surface area contributed by atoms with Crippen LogP contribution in [0.15, 0.2) is 16.7 Å². The van der Waals surface area contributed by atoms with Gasteiger partial charge in [0.1, 0.15) is 10.7 Å². The molecule has 2 unspecified atom stereocenters. The van der Waals surface area contributed by atoms with Crippen LogP contribution in [0.3, 0.4) is 0 Å². The van der Waals surface area contributed by atoms with E-state index in [2.05, 4.69) is 38.1 Å². The fourth-order valence-corrected chi connectivity index (χ4v) is 3.38. The van der Waals surface area contributed by atoms with Crippen LogP contribution in [0.4, 0.5) is 0 Å². The van der Waals surface area contributed by atoms with Crippen molar-refractivity contribution in [2.24, 2.45) is 0 Å². The Morgan fingerprint density at radius 2 is 2.15 bits per heavy atom. The first-order chi connectivity index (χ1) is 9.70. The summed E-state index contributed by atoms with van der Waals surface area (Å²) in [5, 5.41) is 3.39. The number of methoxy groups -OCH3 is 1. The molecule has 1 aromatic rings. The zero-order chi connectivity index (χ0) is 14.1. The van der Waals surface area contributed by atoms with Gasteiger partial charge in [0, 0.05) is 31.7 Å². The number of hydrogen-bond acceptors (Lipinski definition) is 5. The van der Waals surface area contributed by atoms with Gasteiger partial charge in [-0.3, -0.25) is 4.90 Å². The van der Waals surface area contributed by atoms with Gasteiger partial charge in [0.05, 0.1) is 19.3 Å². The highest BCUT2D eigenvalue weighted by Gasteiger charge is 2.45. The van der Waals surface area contributed by atoms with Crippen molar-refractivity contribution < 1.29 is 9.47 Å². The zero-order valence-corrected chi connectivity index (χ0v) is 13.4. The molecule has 0 bridgehead atoms. The Bertz CT molecular complexity index is 479. The SMILES string of the molecule is COc1nc(Br)ccc1C1O[C@@H](C)C1N1CCNCC1. The van der Waals surface area contributed by atoms with Crippen molar-refractivity contribution >= 4 is 15.9 Å². The number of ether oxygens (including phenoxy) is 2. The number of rotatable bonds is 3. The van der Waals surface area contributed by atoms with Crippen LogP contribution in [-0.2, 0) is 4.74 Å². The van der Waals surface area contributed by atoms with Crippen LogP contribution in [0, 0.1) is 0 Å². The summed E-state index contributed by atoms with van der Waals surface area (Å²) in [6.07, 6.45) is 0.310. The fraction of sp³-hybridized carbons (Fsp3) is 0.643. The second kappa shape index (κ2) is 5.97. The maximum Gasteiger partial charge on any atom is 0.220 e. The van der Waals surface area contributed by atoms with Crippen molar-refractivity contribution in [3.63, 3.8) is 0 Å². The zero-order valence-electron chi connectivity index (χ0n) is 11.8. The van der Waals surface area contributed by atoms with Crippen LogP contribution >= 0.6 is 15.9 Å². The van der Waals surface area contributed by atoms with Gasteiger partial charge in [-0.05, 0) is 35.0 Å². The van der Waals surface area contributed by atoms with Gasteiger partial charge in [-0.25, -0.2) is 4.98 Å². The number of aromatic nitrogens is 1. The summed E-state index contributed by atoms with van der Waals surface area (Å²) in [5.74, 6) is 0.649. The molecular formula is C14H20BrN3O2. The van der Waals surface area contributed by atoms with Crippen LogP contribution < -0.4 is 10.1 Å². The van der Waals surface area contributed by atoms with Gasteiger partial charge in [0.15, 0.2) is 0 Å². The number of piperazine rings is 1. The number of nitrogens with zero attached hydrogens (tertiary/aromatic N) is 2. The lowest BCUT2D eigenvalue weighted by molar-refractivity contribution is -0.193. The molecule has 3 atom stereocenters. The van der Waals surface area contributed by atoms with Crippen molar-refractivity contribution in [3.05, 3.63) is 22.3 Å². The molecule has 0 spiro atoms. The Labute approximate surface area is 127 Å². The molecule has 0 radical (unpaired) electrons. The van der Waals surface area contributed by atoms with Gasteiger partial charge in [-0.1, -0.05) is 0 Å². The van der Waals surface area contributed by atoms with E-state index in [1.54, 1.807) is 7.11 Å². The Balaban J connectivity index is 1.82. The fourth-order valence-electron chi connectivity index (χ4n) is 3.08. The van der Waals surface area contributed by atoms with Crippen LogP contribution in [0.2, 0.25) is 0 Å². The molecule has 1 N–H and O–H groups in total. The molecule has 1 aromatic heterocycles. The lowest BCUT2D eigenvalue weighted by Crippen LogP contribution is -2.60. The summed E-state index contributed by atoms with van der Waals surface area (Å²) in [4.78, 5) is 6.89. The van der Waals surface area contributed by atoms with E-state index >= 15 is 0 Å². The molecule has 0 amide bonds. The first-order valence-corrected chi connectivity index (χ1v) is 7.80. The second-order valence-electron chi connectivity index (χ2n) is 5.27. The lowest BCUT2D eigenvalue weighted by Gasteiger charge is -2.50. The maximum absolute atomic E-state index is 5.98. The van der Waals surface area contributed by atoms with Crippen LogP contribution in [-0.4, -0.2) is 55.3 Å². The first-order valence-electron chi connectivity index (χ1n) is 7.01. The molecule has 2 aliphatic rings. The number of nitrogens with one attached hydrogen (secondary N) is 1. The minimum atomic E-state index is 0.0543. The van der Waals surface area contributed by atoms with Gasteiger partial charge in [-0.15, -0.1) is 0 Å². The van der Waals surface area contributed by atoms with Gasteiger partial charge in [0.2, 0.25) is 5.88 Å². The molecule has 110 valence electrons. The first kappa shape index (κ1) is 14.3. The third kappa shape index (κ3) is 2.57. The van der Waals surface area contributed by atoms with E-state index < -0.39 is 0 Å². The summed E-state index contributed by atoms with van der Waals surface area (Å²) >= 11 is 3.38. The second-order valence-corrected chi connectivity index (χ2v) is 6.08. The minimum absolute atomic E-state index is 0.0543. The van der Waals surface area contributed by atoms with E-state index in [4.69, 9.17) is 9.47 Å². The Morgan fingerprint density at radius 1 is 1.40 bits per heavy atom. The number of pyridine rings is 1.